The lowest BCUT2D eigenvalue weighted by Crippen LogP contribution is -2.36. The number of nitrogens with zero attached hydrogens (tertiary/aromatic N) is 1. The molecule has 0 saturated heterocycles. The molecule has 0 fully saturated rings. The number of benzene rings is 2. The van der Waals surface area contributed by atoms with Gasteiger partial charge in [0.1, 0.15) is 5.82 Å². The van der Waals surface area contributed by atoms with Crippen LogP contribution >= 0.6 is 23.8 Å². The van der Waals surface area contributed by atoms with Crippen molar-refractivity contribution in [2.75, 3.05) is 26.0 Å². The van der Waals surface area contributed by atoms with E-state index in [1.54, 1.807) is 19.1 Å². The highest BCUT2D eigenvalue weighted by atomic mass is 35.5. The fraction of sp³-hybridized carbons (Fsp3) is 0.278. The van der Waals surface area contributed by atoms with Gasteiger partial charge in [-0.05, 0) is 62.6 Å². The van der Waals surface area contributed by atoms with Crippen LogP contribution in [0.25, 0.3) is 0 Å². The van der Waals surface area contributed by atoms with Gasteiger partial charge >= 0.3 is 0 Å². The number of rotatable bonds is 5. The normalized spacial score (nSPS) is 12.1. The lowest BCUT2D eigenvalue weighted by Gasteiger charge is -2.26. The van der Waals surface area contributed by atoms with Crippen molar-refractivity contribution in [3.8, 4) is 0 Å². The molecule has 0 saturated carbocycles. The molecule has 2 rings (SSSR count). The summed E-state index contributed by atoms with van der Waals surface area (Å²) in [6.45, 7) is 2.30. The Labute approximate surface area is 152 Å². The van der Waals surface area contributed by atoms with E-state index in [9.17, 15) is 4.39 Å². The second kappa shape index (κ2) is 8.42. The van der Waals surface area contributed by atoms with Gasteiger partial charge in [-0.25, -0.2) is 4.39 Å². The Balaban J connectivity index is 2.00. The van der Waals surface area contributed by atoms with Gasteiger partial charge in [-0.1, -0.05) is 35.9 Å². The van der Waals surface area contributed by atoms with E-state index in [-0.39, 0.29) is 11.9 Å². The molecule has 6 heteroatoms. The molecule has 3 nitrogen and oxygen atoms in total. The third kappa shape index (κ3) is 4.90. The van der Waals surface area contributed by atoms with Gasteiger partial charge in [0.2, 0.25) is 0 Å². The predicted molar refractivity (Wildman–Crippen MR) is 103 cm³/mol. The van der Waals surface area contributed by atoms with Crippen LogP contribution in [0.3, 0.4) is 0 Å². The van der Waals surface area contributed by atoms with E-state index in [1.807, 2.05) is 38.4 Å². The summed E-state index contributed by atoms with van der Waals surface area (Å²) < 4.78 is 13.6. The maximum atomic E-state index is 13.6. The first-order valence-electron chi connectivity index (χ1n) is 7.60. The van der Waals surface area contributed by atoms with Crippen LogP contribution in [-0.4, -0.2) is 30.7 Å². The molecule has 2 N–H and O–H groups in total. The molecule has 1 atom stereocenters. The molecule has 0 aromatic heterocycles. The third-order valence-electron chi connectivity index (χ3n) is 3.77. The van der Waals surface area contributed by atoms with E-state index in [0.29, 0.717) is 22.9 Å². The number of anilines is 1. The molecule has 24 heavy (non-hydrogen) atoms. The summed E-state index contributed by atoms with van der Waals surface area (Å²) >= 11 is 11.6. The summed E-state index contributed by atoms with van der Waals surface area (Å²) in [4.78, 5) is 2.07. The minimum atomic E-state index is -0.259. The first kappa shape index (κ1) is 18.6. The first-order valence-corrected chi connectivity index (χ1v) is 8.39. The SMILES string of the molecule is Cc1ccc(NC(=S)NC[C@@H](c2ccccc2Cl)N(C)C)cc1F. The van der Waals surface area contributed by atoms with Crippen molar-refractivity contribution < 1.29 is 4.39 Å². The highest BCUT2D eigenvalue weighted by Gasteiger charge is 2.17. The number of aryl methyl sites for hydroxylation is 1. The quantitative estimate of drug-likeness (QED) is 0.769. The van der Waals surface area contributed by atoms with Crippen LogP contribution in [0.4, 0.5) is 10.1 Å². The average molecular weight is 366 g/mol. The Morgan fingerprint density at radius 2 is 1.96 bits per heavy atom. The van der Waals surface area contributed by atoms with E-state index in [0.717, 1.165) is 10.6 Å². The van der Waals surface area contributed by atoms with Crippen molar-refractivity contribution in [2.45, 2.75) is 13.0 Å². The lowest BCUT2D eigenvalue weighted by atomic mass is 10.1. The standard InChI is InChI=1S/C18H21ClFN3S/c1-12-8-9-13(10-16(12)20)22-18(24)21-11-17(23(2)3)14-6-4-5-7-15(14)19/h4-10,17H,11H2,1-3H3,(H2,21,22,24)/t17-/m0/s1. The Bertz CT molecular complexity index is 721. The van der Waals surface area contributed by atoms with Crippen molar-refractivity contribution in [1.29, 1.82) is 0 Å². The Kier molecular flexibility index (Phi) is 6.54. The Hall–Kier alpha value is -1.69. The monoisotopic (exact) mass is 365 g/mol. The van der Waals surface area contributed by atoms with Gasteiger partial charge in [0, 0.05) is 17.3 Å². The second-order valence-electron chi connectivity index (χ2n) is 5.80. The van der Waals surface area contributed by atoms with Crippen molar-refractivity contribution >= 4 is 34.6 Å². The molecule has 0 heterocycles. The number of hydrogen-bond donors (Lipinski definition) is 2. The molecule has 0 aliphatic rings. The zero-order valence-electron chi connectivity index (χ0n) is 13.9. The van der Waals surface area contributed by atoms with E-state index in [2.05, 4.69) is 15.5 Å². The summed E-state index contributed by atoms with van der Waals surface area (Å²) in [5, 5.41) is 7.33. The van der Waals surface area contributed by atoms with Crippen LogP contribution in [0, 0.1) is 12.7 Å². The van der Waals surface area contributed by atoms with Gasteiger partial charge in [-0.2, -0.15) is 0 Å². The van der Waals surface area contributed by atoms with Gasteiger partial charge in [-0.15, -0.1) is 0 Å². The van der Waals surface area contributed by atoms with E-state index in [4.69, 9.17) is 23.8 Å². The molecule has 0 spiro atoms. The lowest BCUT2D eigenvalue weighted by molar-refractivity contribution is 0.299. The largest absolute Gasteiger partial charge is 0.361 e. The maximum Gasteiger partial charge on any atom is 0.170 e. The predicted octanol–water partition coefficient (Wildman–Crippen LogP) is 4.38. The first-order chi connectivity index (χ1) is 11.4. The molecule has 2 aromatic carbocycles. The van der Waals surface area contributed by atoms with Crippen LogP contribution < -0.4 is 10.6 Å². The Morgan fingerprint density at radius 1 is 1.25 bits per heavy atom. The topological polar surface area (TPSA) is 27.3 Å². The van der Waals surface area contributed by atoms with Crippen LogP contribution in [0.2, 0.25) is 5.02 Å². The molecule has 0 unspecified atom stereocenters. The third-order valence-corrected chi connectivity index (χ3v) is 4.36. The number of nitrogens with one attached hydrogen (secondary N) is 2. The fourth-order valence-corrected chi connectivity index (χ4v) is 2.81. The summed E-state index contributed by atoms with van der Waals surface area (Å²) in [6.07, 6.45) is 0. The van der Waals surface area contributed by atoms with E-state index >= 15 is 0 Å². The van der Waals surface area contributed by atoms with Gasteiger partial charge in [-0.3, -0.25) is 0 Å². The Morgan fingerprint density at radius 3 is 2.58 bits per heavy atom. The molecule has 0 radical (unpaired) electrons. The molecular weight excluding hydrogens is 345 g/mol. The molecule has 2 aromatic rings. The molecule has 0 bridgehead atoms. The van der Waals surface area contributed by atoms with Gasteiger partial charge < -0.3 is 15.5 Å². The summed E-state index contributed by atoms with van der Waals surface area (Å²) in [5.74, 6) is -0.259. The molecular formula is C18H21ClFN3S. The van der Waals surface area contributed by atoms with Crippen LogP contribution in [-0.2, 0) is 0 Å². The number of hydrogen-bond acceptors (Lipinski definition) is 2. The smallest absolute Gasteiger partial charge is 0.170 e. The highest BCUT2D eigenvalue weighted by molar-refractivity contribution is 7.80. The molecule has 0 amide bonds. The zero-order chi connectivity index (χ0) is 17.7. The minimum Gasteiger partial charge on any atom is -0.361 e. The highest BCUT2D eigenvalue weighted by Crippen LogP contribution is 2.25. The number of likely N-dealkylation sites (N-methyl/N-ethyl adjacent to an activating group) is 1. The van der Waals surface area contributed by atoms with Crippen LogP contribution in [0.15, 0.2) is 42.5 Å². The molecule has 128 valence electrons. The van der Waals surface area contributed by atoms with Crippen LogP contribution in [0.1, 0.15) is 17.2 Å². The van der Waals surface area contributed by atoms with Crippen molar-refractivity contribution in [3.63, 3.8) is 0 Å². The average Bonchev–Trinajstić information content (AvgIpc) is 2.52. The van der Waals surface area contributed by atoms with E-state index in [1.165, 1.54) is 6.07 Å². The summed E-state index contributed by atoms with van der Waals surface area (Å²) in [6, 6.07) is 12.7. The van der Waals surface area contributed by atoms with E-state index < -0.39 is 0 Å². The van der Waals surface area contributed by atoms with Crippen LogP contribution in [0.5, 0.6) is 0 Å². The second-order valence-corrected chi connectivity index (χ2v) is 6.62. The summed E-state index contributed by atoms with van der Waals surface area (Å²) in [5.41, 5.74) is 2.25. The zero-order valence-corrected chi connectivity index (χ0v) is 15.5. The maximum absolute atomic E-state index is 13.6. The molecule has 0 aliphatic carbocycles. The molecule has 0 aliphatic heterocycles. The fourth-order valence-electron chi connectivity index (χ4n) is 2.35. The number of thiocarbonyl (C=S) groups is 1. The van der Waals surface area contributed by atoms with Crippen molar-refractivity contribution in [2.24, 2.45) is 0 Å². The number of halogens is 2. The van der Waals surface area contributed by atoms with Crippen molar-refractivity contribution in [1.82, 2.24) is 10.2 Å². The van der Waals surface area contributed by atoms with Gasteiger partial charge in [0.15, 0.2) is 5.11 Å². The summed E-state index contributed by atoms with van der Waals surface area (Å²) in [7, 11) is 3.98. The van der Waals surface area contributed by atoms with Crippen molar-refractivity contribution in [3.05, 3.63) is 64.4 Å². The van der Waals surface area contributed by atoms with Gasteiger partial charge in [0.25, 0.3) is 0 Å². The minimum absolute atomic E-state index is 0.0632. The van der Waals surface area contributed by atoms with Gasteiger partial charge in [0.05, 0.1) is 6.04 Å².